The lowest BCUT2D eigenvalue weighted by Crippen LogP contribution is -2.16. The first-order chi connectivity index (χ1) is 9.20. The third-order valence-electron chi connectivity index (χ3n) is 3.21. The highest BCUT2D eigenvalue weighted by atomic mass is 16.5. The minimum atomic E-state index is -0.172. The zero-order valence-corrected chi connectivity index (χ0v) is 12.6. The van der Waals surface area contributed by atoms with Crippen molar-refractivity contribution < 1.29 is 14.6 Å². The van der Waals surface area contributed by atoms with Crippen LogP contribution in [-0.2, 0) is 9.53 Å². The van der Waals surface area contributed by atoms with Crippen LogP contribution in [0.25, 0.3) is 0 Å². The summed E-state index contributed by atoms with van der Waals surface area (Å²) in [6.45, 7) is 3.70. The van der Waals surface area contributed by atoms with Crippen LogP contribution in [-0.4, -0.2) is 17.2 Å². The Labute approximate surface area is 118 Å². The maximum Gasteiger partial charge on any atom is 0.302 e. The molecule has 0 spiro atoms. The molecule has 0 bridgehead atoms. The molecule has 3 heteroatoms. The highest BCUT2D eigenvalue weighted by Crippen LogP contribution is 2.15. The molecule has 19 heavy (non-hydrogen) atoms. The summed E-state index contributed by atoms with van der Waals surface area (Å²) in [5, 5.41) is 8.53. The Morgan fingerprint density at radius 1 is 1.11 bits per heavy atom. The van der Waals surface area contributed by atoms with E-state index in [-0.39, 0.29) is 12.1 Å². The highest BCUT2D eigenvalue weighted by molar-refractivity contribution is 5.66. The van der Waals surface area contributed by atoms with Crippen molar-refractivity contribution in [3.8, 4) is 0 Å². The zero-order chi connectivity index (χ0) is 14.3. The van der Waals surface area contributed by atoms with E-state index in [0.717, 1.165) is 44.8 Å². The summed E-state index contributed by atoms with van der Waals surface area (Å²) in [6, 6.07) is 0. The van der Waals surface area contributed by atoms with Gasteiger partial charge in [0.1, 0.15) is 6.10 Å². The number of aliphatic hydroxyl groups is 1. The Bertz CT molecular complexity index is 236. The number of hydrogen-bond acceptors (Lipinski definition) is 3. The molecule has 0 aromatic rings. The van der Waals surface area contributed by atoms with Gasteiger partial charge in [-0.25, -0.2) is 0 Å². The maximum atomic E-state index is 11.1. The van der Waals surface area contributed by atoms with Gasteiger partial charge in [-0.1, -0.05) is 38.7 Å². The van der Waals surface area contributed by atoms with E-state index in [1.807, 2.05) is 0 Å². The van der Waals surface area contributed by atoms with Crippen molar-refractivity contribution in [1.29, 1.82) is 0 Å². The van der Waals surface area contributed by atoms with Crippen molar-refractivity contribution >= 4 is 5.97 Å². The van der Waals surface area contributed by atoms with Crippen LogP contribution in [0.1, 0.15) is 78.1 Å². The molecule has 0 amide bonds. The van der Waals surface area contributed by atoms with E-state index >= 15 is 0 Å². The van der Waals surface area contributed by atoms with Crippen LogP contribution in [0.3, 0.4) is 0 Å². The lowest BCUT2D eigenvalue weighted by Gasteiger charge is -2.16. The second-order valence-corrected chi connectivity index (χ2v) is 5.10. The predicted molar refractivity (Wildman–Crippen MR) is 79.2 cm³/mol. The molecule has 1 atom stereocenters. The van der Waals surface area contributed by atoms with Gasteiger partial charge in [-0.05, 0) is 38.5 Å². The van der Waals surface area contributed by atoms with E-state index in [1.54, 1.807) is 6.08 Å². The monoisotopic (exact) mass is 270 g/mol. The van der Waals surface area contributed by atoms with Gasteiger partial charge < -0.3 is 9.84 Å². The predicted octanol–water partition coefficient (Wildman–Crippen LogP) is 4.91. The topological polar surface area (TPSA) is 46.5 Å². The fourth-order valence-corrected chi connectivity index (χ4v) is 2.18. The number of unbranched alkanes of at least 4 members (excludes halogenated alkanes) is 6. The average Bonchev–Trinajstić information content (AvgIpc) is 2.37. The Morgan fingerprint density at radius 3 is 2.32 bits per heavy atom. The molecule has 0 rings (SSSR count). The average molecular weight is 270 g/mol. The van der Waals surface area contributed by atoms with E-state index in [9.17, 15) is 4.79 Å². The first-order valence-electron chi connectivity index (χ1n) is 7.67. The maximum absolute atomic E-state index is 11.1. The van der Waals surface area contributed by atoms with E-state index in [4.69, 9.17) is 9.84 Å². The molecular weight excluding hydrogens is 240 g/mol. The molecule has 0 aliphatic rings. The minimum Gasteiger partial charge on any atom is -0.516 e. The molecule has 3 nitrogen and oxygen atoms in total. The van der Waals surface area contributed by atoms with Gasteiger partial charge in [0.2, 0.25) is 0 Å². The summed E-state index contributed by atoms with van der Waals surface area (Å²) in [7, 11) is 0. The highest BCUT2D eigenvalue weighted by Gasteiger charge is 2.11. The van der Waals surface area contributed by atoms with Crippen molar-refractivity contribution in [1.82, 2.24) is 0 Å². The number of esters is 1. The lowest BCUT2D eigenvalue weighted by atomic mass is 10.0. The van der Waals surface area contributed by atoms with Gasteiger partial charge in [0.15, 0.2) is 0 Å². The van der Waals surface area contributed by atoms with Crippen LogP contribution in [0, 0.1) is 0 Å². The molecule has 1 N–H and O–H groups in total. The number of rotatable bonds is 12. The van der Waals surface area contributed by atoms with Crippen molar-refractivity contribution in [2.75, 3.05) is 0 Å². The summed E-state index contributed by atoms with van der Waals surface area (Å²) in [5.74, 6) is -0.172. The van der Waals surface area contributed by atoms with Crippen LogP contribution < -0.4 is 0 Å². The molecule has 0 aliphatic carbocycles. The van der Waals surface area contributed by atoms with Crippen LogP contribution in [0.4, 0.5) is 0 Å². The second kappa shape index (κ2) is 13.4. The number of carbonyl (C=O) groups excluding carboxylic acids is 1. The SMILES string of the molecule is CCCCCCCC(CCCC/C=C\O)OC(C)=O. The van der Waals surface area contributed by atoms with Crippen molar-refractivity contribution in [2.24, 2.45) is 0 Å². The summed E-state index contributed by atoms with van der Waals surface area (Å²) >= 11 is 0. The Kier molecular flexibility index (Phi) is 12.7. The molecule has 0 aromatic heterocycles. The van der Waals surface area contributed by atoms with E-state index in [2.05, 4.69) is 6.92 Å². The quantitative estimate of drug-likeness (QED) is 0.311. The van der Waals surface area contributed by atoms with Crippen LogP contribution in [0.15, 0.2) is 12.3 Å². The molecule has 112 valence electrons. The molecule has 1 unspecified atom stereocenters. The third kappa shape index (κ3) is 13.2. The summed E-state index contributed by atoms with van der Waals surface area (Å²) < 4.78 is 5.36. The van der Waals surface area contributed by atoms with Gasteiger partial charge in [-0.3, -0.25) is 4.79 Å². The molecule has 0 radical (unpaired) electrons. The van der Waals surface area contributed by atoms with Crippen LogP contribution in [0.5, 0.6) is 0 Å². The number of allylic oxidation sites excluding steroid dienone is 1. The molecule has 0 heterocycles. The third-order valence-corrected chi connectivity index (χ3v) is 3.21. The standard InChI is InChI=1S/C16H30O3/c1-3-4-5-6-9-12-16(19-15(2)18)13-10-7-8-11-14-17/h11,14,16-17H,3-10,12-13H2,1-2H3/b14-11-. The van der Waals surface area contributed by atoms with Gasteiger partial charge in [0.25, 0.3) is 0 Å². The van der Waals surface area contributed by atoms with Gasteiger partial charge in [-0.2, -0.15) is 0 Å². The number of hydrogen-bond donors (Lipinski definition) is 1. The molecule has 0 saturated heterocycles. The fraction of sp³-hybridized carbons (Fsp3) is 0.812. The minimum absolute atomic E-state index is 0.0808. The smallest absolute Gasteiger partial charge is 0.302 e. The lowest BCUT2D eigenvalue weighted by molar-refractivity contribution is -0.147. The van der Waals surface area contributed by atoms with E-state index in [1.165, 1.54) is 32.6 Å². The summed E-state index contributed by atoms with van der Waals surface area (Å²) in [4.78, 5) is 11.1. The van der Waals surface area contributed by atoms with Gasteiger partial charge >= 0.3 is 5.97 Å². The first-order valence-corrected chi connectivity index (χ1v) is 7.67. The van der Waals surface area contributed by atoms with Gasteiger partial charge in [0, 0.05) is 6.92 Å². The van der Waals surface area contributed by atoms with Crippen LogP contribution >= 0.6 is 0 Å². The summed E-state index contributed by atoms with van der Waals surface area (Å²) in [5.41, 5.74) is 0. The Hall–Kier alpha value is -0.990. The van der Waals surface area contributed by atoms with E-state index < -0.39 is 0 Å². The second-order valence-electron chi connectivity index (χ2n) is 5.10. The molecule has 0 fully saturated rings. The molecular formula is C16H30O3. The largest absolute Gasteiger partial charge is 0.516 e. The normalized spacial score (nSPS) is 12.7. The summed E-state index contributed by atoms with van der Waals surface area (Å²) in [6.07, 6.45) is 14.0. The Balaban J connectivity index is 3.72. The number of carbonyl (C=O) groups is 1. The number of ether oxygens (including phenoxy) is 1. The van der Waals surface area contributed by atoms with E-state index in [0.29, 0.717) is 0 Å². The zero-order valence-electron chi connectivity index (χ0n) is 12.6. The number of aliphatic hydroxyl groups excluding tert-OH is 1. The van der Waals surface area contributed by atoms with Crippen molar-refractivity contribution in [2.45, 2.75) is 84.2 Å². The molecule has 0 aromatic carbocycles. The van der Waals surface area contributed by atoms with Crippen LogP contribution in [0.2, 0.25) is 0 Å². The molecule has 0 saturated carbocycles. The van der Waals surface area contributed by atoms with Crippen molar-refractivity contribution in [3.05, 3.63) is 12.3 Å². The van der Waals surface area contributed by atoms with Gasteiger partial charge in [0.05, 0.1) is 6.26 Å². The van der Waals surface area contributed by atoms with Gasteiger partial charge in [-0.15, -0.1) is 0 Å². The van der Waals surface area contributed by atoms with Crippen molar-refractivity contribution in [3.63, 3.8) is 0 Å². The fourth-order valence-electron chi connectivity index (χ4n) is 2.18. The Morgan fingerprint density at radius 2 is 1.74 bits per heavy atom. The molecule has 0 aliphatic heterocycles. The first kappa shape index (κ1) is 18.0.